The van der Waals surface area contributed by atoms with Gasteiger partial charge in [-0.25, -0.2) is 0 Å². The molecule has 1 amide bonds. The van der Waals surface area contributed by atoms with E-state index < -0.39 is 0 Å². The van der Waals surface area contributed by atoms with Crippen LogP contribution < -0.4 is 11.1 Å². The summed E-state index contributed by atoms with van der Waals surface area (Å²) in [4.78, 5) is 11.9. The first-order valence-corrected chi connectivity index (χ1v) is 6.92. The Morgan fingerprint density at radius 1 is 1.26 bits per heavy atom. The molecule has 106 valence electrons. The first-order chi connectivity index (χ1) is 8.90. The van der Waals surface area contributed by atoms with Gasteiger partial charge in [0.05, 0.1) is 5.92 Å². The van der Waals surface area contributed by atoms with Crippen LogP contribution in [0.3, 0.4) is 0 Å². The largest absolute Gasteiger partial charge is 0.359 e. The maximum absolute atomic E-state index is 11.9. The lowest BCUT2D eigenvalue weighted by atomic mass is 9.85. The summed E-state index contributed by atoms with van der Waals surface area (Å²) in [5.41, 5.74) is 8.04. The minimum atomic E-state index is -0.0948. The fourth-order valence-electron chi connectivity index (χ4n) is 2.16. The summed E-state index contributed by atoms with van der Waals surface area (Å²) < 4.78 is 0. The van der Waals surface area contributed by atoms with E-state index in [1.807, 2.05) is 0 Å². The van der Waals surface area contributed by atoms with E-state index in [0.29, 0.717) is 6.54 Å². The Morgan fingerprint density at radius 2 is 1.84 bits per heavy atom. The van der Waals surface area contributed by atoms with Crippen molar-refractivity contribution in [3.05, 3.63) is 35.4 Å². The highest BCUT2D eigenvalue weighted by Gasteiger charge is 2.20. The molecule has 1 unspecified atom stereocenters. The van der Waals surface area contributed by atoms with Crippen LogP contribution >= 0.6 is 0 Å². The number of likely N-dealkylation sites (N-methyl/N-ethyl adjacent to an activating group) is 1. The van der Waals surface area contributed by atoms with Gasteiger partial charge in [-0.2, -0.15) is 0 Å². The number of benzene rings is 1. The van der Waals surface area contributed by atoms with Crippen molar-refractivity contribution in [2.45, 2.75) is 44.9 Å². The molecule has 0 aliphatic carbocycles. The van der Waals surface area contributed by atoms with Gasteiger partial charge in [-0.15, -0.1) is 0 Å². The minimum absolute atomic E-state index is 0.0666. The zero-order valence-corrected chi connectivity index (χ0v) is 12.5. The molecule has 0 aliphatic heterocycles. The summed E-state index contributed by atoms with van der Waals surface area (Å²) in [5, 5.41) is 2.74. The summed E-state index contributed by atoms with van der Waals surface area (Å²) in [6.07, 6.45) is 1.66. The summed E-state index contributed by atoms with van der Waals surface area (Å²) in [6, 6.07) is 8.37. The Labute approximate surface area is 116 Å². The van der Waals surface area contributed by atoms with Crippen molar-refractivity contribution in [3.63, 3.8) is 0 Å². The van der Waals surface area contributed by atoms with Crippen molar-refractivity contribution in [1.29, 1.82) is 0 Å². The first kappa shape index (κ1) is 15.7. The van der Waals surface area contributed by atoms with Gasteiger partial charge in [-0.05, 0) is 35.9 Å². The molecule has 3 N–H and O–H groups in total. The summed E-state index contributed by atoms with van der Waals surface area (Å²) in [6.45, 7) is 7.18. The van der Waals surface area contributed by atoms with Gasteiger partial charge in [-0.3, -0.25) is 4.79 Å². The van der Waals surface area contributed by atoms with E-state index in [0.717, 1.165) is 18.4 Å². The zero-order valence-electron chi connectivity index (χ0n) is 12.5. The summed E-state index contributed by atoms with van der Waals surface area (Å²) >= 11 is 0. The third kappa shape index (κ3) is 4.35. The van der Waals surface area contributed by atoms with Crippen LogP contribution in [0.4, 0.5) is 0 Å². The number of amides is 1. The van der Waals surface area contributed by atoms with E-state index >= 15 is 0 Å². The predicted octanol–water partition coefficient (Wildman–Crippen LogP) is 2.55. The molecule has 0 saturated carbocycles. The summed E-state index contributed by atoms with van der Waals surface area (Å²) in [5.74, 6) is -0.0282. The Kier molecular flexibility index (Phi) is 5.55. The number of carbonyl (C=O) groups is 1. The van der Waals surface area contributed by atoms with Gasteiger partial charge in [0, 0.05) is 7.05 Å². The standard InChI is InChI=1S/C16H26N2O/c1-16(2,3)13-9-7-12(8-10-13)14(6-5-11-17)15(19)18-4/h7-10,14H,5-6,11,17H2,1-4H3,(H,18,19). The van der Waals surface area contributed by atoms with E-state index in [2.05, 4.69) is 50.4 Å². The van der Waals surface area contributed by atoms with E-state index in [1.165, 1.54) is 5.56 Å². The fourth-order valence-corrected chi connectivity index (χ4v) is 2.16. The van der Waals surface area contributed by atoms with Crippen LogP contribution in [0.2, 0.25) is 0 Å². The van der Waals surface area contributed by atoms with Gasteiger partial charge in [0.25, 0.3) is 0 Å². The molecule has 1 rings (SSSR count). The number of hydrogen-bond donors (Lipinski definition) is 2. The highest BCUT2D eigenvalue weighted by atomic mass is 16.1. The summed E-state index contributed by atoms with van der Waals surface area (Å²) in [7, 11) is 1.68. The molecule has 19 heavy (non-hydrogen) atoms. The lowest BCUT2D eigenvalue weighted by Crippen LogP contribution is -2.26. The second-order valence-corrected chi connectivity index (χ2v) is 5.97. The quantitative estimate of drug-likeness (QED) is 0.857. The third-order valence-electron chi connectivity index (χ3n) is 3.44. The molecular weight excluding hydrogens is 236 g/mol. The monoisotopic (exact) mass is 262 g/mol. The van der Waals surface area contributed by atoms with Gasteiger partial charge in [-0.1, -0.05) is 45.0 Å². The van der Waals surface area contributed by atoms with Gasteiger partial charge >= 0.3 is 0 Å². The lowest BCUT2D eigenvalue weighted by molar-refractivity contribution is -0.122. The maximum atomic E-state index is 11.9. The van der Waals surface area contributed by atoms with Crippen LogP contribution in [-0.2, 0) is 10.2 Å². The average molecular weight is 262 g/mol. The van der Waals surface area contributed by atoms with Crippen molar-refractivity contribution >= 4 is 5.91 Å². The van der Waals surface area contributed by atoms with Crippen LogP contribution in [-0.4, -0.2) is 19.5 Å². The van der Waals surface area contributed by atoms with E-state index in [1.54, 1.807) is 7.05 Å². The number of carbonyl (C=O) groups excluding carboxylic acids is 1. The third-order valence-corrected chi connectivity index (χ3v) is 3.44. The number of nitrogens with two attached hydrogens (primary N) is 1. The molecule has 1 aromatic rings. The lowest BCUT2D eigenvalue weighted by Gasteiger charge is -2.21. The molecule has 0 radical (unpaired) electrons. The highest BCUT2D eigenvalue weighted by Crippen LogP contribution is 2.26. The van der Waals surface area contributed by atoms with Gasteiger partial charge < -0.3 is 11.1 Å². The van der Waals surface area contributed by atoms with Crippen LogP contribution in [0.5, 0.6) is 0 Å². The first-order valence-electron chi connectivity index (χ1n) is 6.92. The van der Waals surface area contributed by atoms with Gasteiger partial charge in [0.1, 0.15) is 0 Å². The molecular formula is C16H26N2O. The van der Waals surface area contributed by atoms with Crippen LogP contribution in [0, 0.1) is 0 Å². The van der Waals surface area contributed by atoms with Crippen molar-refractivity contribution in [3.8, 4) is 0 Å². The molecule has 1 aromatic carbocycles. The molecule has 3 nitrogen and oxygen atoms in total. The average Bonchev–Trinajstić information content (AvgIpc) is 2.38. The predicted molar refractivity (Wildman–Crippen MR) is 80.2 cm³/mol. The molecule has 0 spiro atoms. The van der Waals surface area contributed by atoms with E-state index in [-0.39, 0.29) is 17.2 Å². The van der Waals surface area contributed by atoms with E-state index in [9.17, 15) is 4.79 Å². The van der Waals surface area contributed by atoms with Crippen molar-refractivity contribution in [2.24, 2.45) is 5.73 Å². The molecule has 0 saturated heterocycles. The van der Waals surface area contributed by atoms with E-state index in [4.69, 9.17) is 5.73 Å². The molecule has 0 aliphatic rings. The molecule has 0 heterocycles. The molecule has 0 bridgehead atoms. The Bertz CT molecular complexity index is 404. The second kappa shape index (κ2) is 6.71. The van der Waals surface area contributed by atoms with Crippen LogP contribution in [0.1, 0.15) is 50.7 Å². The van der Waals surface area contributed by atoms with Crippen LogP contribution in [0.15, 0.2) is 24.3 Å². The Balaban J connectivity index is 2.93. The smallest absolute Gasteiger partial charge is 0.227 e. The number of rotatable bonds is 5. The topological polar surface area (TPSA) is 55.1 Å². The van der Waals surface area contributed by atoms with Crippen molar-refractivity contribution in [2.75, 3.05) is 13.6 Å². The van der Waals surface area contributed by atoms with Gasteiger partial charge in [0.2, 0.25) is 5.91 Å². The Morgan fingerprint density at radius 3 is 2.26 bits per heavy atom. The highest BCUT2D eigenvalue weighted by molar-refractivity contribution is 5.83. The number of nitrogens with one attached hydrogen (secondary N) is 1. The number of hydrogen-bond acceptors (Lipinski definition) is 2. The molecule has 0 fully saturated rings. The molecule has 3 heteroatoms. The minimum Gasteiger partial charge on any atom is -0.359 e. The Hall–Kier alpha value is -1.35. The van der Waals surface area contributed by atoms with Crippen LogP contribution in [0.25, 0.3) is 0 Å². The van der Waals surface area contributed by atoms with Crippen molar-refractivity contribution < 1.29 is 4.79 Å². The maximum Gasteiger partial charge on any atom is 0.227 e. The molecule has 0 aromatic heterocycles. The van der Waals surface area contributed by atoms with Crippen molar-refractivity contribution in [1.82, 2.24) is 5.32 Å². The normalized spacial score (nSPS) is 13.1. The second-order valence-electron chi connectivity index (χ2n) is 5.97. The SMILES string of the molecule is CNC(=O)C(CCCN)c1ccc(C(C)(C)C)cc1. The fraction of sp³-hybridized carbons (Fsp3) is 0.562. The zero-order chi connectivity index (χ0) is 14.5. The van der Waals surface area contributed by atoms with Gasteiger partial charge in [0.15, 0.2) is 0 Å². The molecule has 1 atom stereocenters.